The maximum absolute atomic E-state index is 12.8. The second-order valence-corrected chi connectivity index (χ2v) is 9.19. The molecule has 2 aromatic rings. The van der Waals surface area contributed by atoms with Crippen LogP contribution in [0.5, 0.6) is 5.75 Å². The maximum Gasteiger partial charge on any atom is 0.339 e. The zero-order valence-corrected chi connectivity index (χ0v) is 20.0. The highest BCUT2D eigenvalue weighted by Gasteiger charge is 2.24. The molecule has 0 spiro atoms. The van der Waals surface area contributed by atoms with Crippen LogP contribution in [-0.4, -0.2) is 44.9 Å². The number of hydrogen-bond donors (Lipinski definition) is 1. The normalized spacial score (nSPS) is 12.2. The van der Waals surface area contributed by atoms with Crippen LogP contribution in [0.3, 0.4) is 0 Å². The smallest absolute Gasteiger partial charge is 0.339 e. The van der Waals surface area contributed by atoms with Crippen molar-refractivity contribution in [3.63, 3.8) is 0 Å². The number of nitrogens with one attached hydrogen (secondary N) is 1. The van der Waals surface area contributed by atoms with Crippen LogP contribution >= 0.6 is 11.6 Å². The van der Waals surface area contributed by atoms with Crippen LogP contribution in [-0.2, 0) is 31.0 Å². The van der Waals surface area contributed by atoms with E-state index in [0.717, 1.165) is 0 Å². The fraction of sp³-hybridized carbons (Fsp3) is 0.364. The van der Waals surface area contributed by atoms with Crippen molar-refractivity contribution in [2.24, 2.45) is 0 Å². The number of anilines is 1. The van der Waals surface area contributed by atoms with Crippen LogP contribution < -0.4 is 9.50 Å². The molecule has 1 atom stereocenters. The molecule has 0 bridgehead atoms. The van der Waals surface area contributed by atoms with E-state index in [1.165, 1.54) is 50.4 Å². The molecule has 0 aliphatic carbocycles. The third-order valence-corrected chi connectivity index (χ3v) is 6.22. The lowest BCUT2D eigenvalue weighted by molar-refractivity contribution is -0.138. The van der Waals surface area contributed by atoms with Crippen molar-refractivity contribution >= 4 is 39.2 Å². The number of carbonyl (C=O) groups excluding carboxylic acids is 2. The van der Waals surface area contributed by atoms with E-state index in [2.05, 4.69) is 5.32 Å². The van der Waals surface area contributed by atoms with Crippen LogP contribution in [0.1, 0.15) is 32.8 Å². The largest absolute Gasteiger partial charge is 0.379 e. The van der Waals surface area contributed by atoms with Gasteiger partial charge in [0.25, 0.3) is 0 Å². The molecule has 2 amide bonds. The first-order valence-electron chi connectivity index (χ1n) is 9.96. The minimum Gasteiger partial charge on any atom is -0.379 e. The summed E-state index contributed by atoms with van der Waals surface area (Å²) in [5, 5.41) is 2.95. The van der Waals surface area contributed by atoms with E-state index in [0.29, 0.717) is 22.7 Å². The Kier molecular flexibility index (Phi) is 9.06. The molecule has 0 fully saturated rings. The van der Waals surface area contributed by atoms with E-state index in [4.69, 9.17) is 20.5 Å². The summed E-state index contributed by atoms with van der Waals surface area (Å²) in [6.45, 7) is 5.20. The number of benzene rings is 2. The molecule has 0 heterocycles. The molecule has 0 radical (unpaired) electrons. The molecule has 1 unspecified atom stereocenters. The van der Waals surface area contributed by atoms with Crippen molar-refractivity contribution in [1.29, 1.82) is 0 Å². The van der Waals surface area contributed by atoms with Crippen LogP contribution in [0, 0.1) is 0 Å². The van der Waals surface area contributed by atoms with Gasteiger partial charge in [-0.05, 0) is 55.8 Å². The predicted molar refractivity (Wildman–Crippen MR) is 122 cm³/mol. The van der Waals surface area contributed by atoms with E-state index < -0.39 is 10.1 Å². The third kappa shape index (κ3) is 6.94. The SMILES string of the molecule is CCC(C)N(Cc1cc(Cl)ccc1OS(=O)(=O)c1ccc(NC(C)=O)cc1)C(=O)COC. The van der Waals surface area contributed by atoms with Crippen molar-refractivity contribution in [3.05, 3.63) is 53.1 Å². The highest BCUT2D eigenvalue weighted by Crippen LogP contribution is 2.28. The number of ether oxygens (including phenoxy) is 1. The van der Waals surface area contributed by atoms with Gasteiger partial charge in [-0.1, -0.05) is 18.5 Å². The lowest BCUT2D eigenvalue weighted by Gasteiger charge is -2.29. The fourth-order valence-corrected chi connectivity index (χ4v) is 4.09. The molecule has 0 aliphatic rings. The standard InChI is InChI=1S/C22H27ClN2O6S/c1-5-15(2)25(22(27)14-30-4)13-17-12-18(23)6-11-21(17)31-32(28,29)20-9-7-19(8-10-20)24-16(3)26/h6-12,15H,5,13-14H2,1-4H3,(H,24,26). The molecule has 10 heteroatoms. The summed E-state index contributed by atoms with van der Waals surface area (Å²) in [6, 6.07) is 10.0. The van der Waals surface area contributed by atoms with Gasteiger partial charge in [-0.25, -0.2) is 0 Å². The van der Waals surface area contributed by atoms with Crippen molar-refractivity contribution in [1.82, 2.24) is 4.90 Å². The zero-order valence-electron chi connectivity index (χ0n) is 18.4. The molecule has 174 valence electrons. The lowest BCUT2D eigenvalue weighted by Crippen LogP contribution is -2.40. The summed E-state index contributed by atoms with van der Waals surface area (Å²) in [5.41, 5.74) is 0.908. The highest BCUT2D eigenvalue weighted by atomic mass is 35.5. The second kappa shape index (κ2) is 11.3. The van der Waals surface area contributed by atoms with Crippen molar-refractivity contribution in [3.8, 4) is 5.75 Å². The first-order chi connectivity index (χ1) is 15.1. The zero-order chi connectivity index (χ0) is 23.9. The molecule has 1 N–H and O–H groups in total. The number of hydrogen-bond acceptors (Lipinski definition) is 6. The average molecular weight is 483 g/mol. The first kappa shape index (κ1) is 25.6. The molecule has 0 aromatic heterocycles. The van der Waals surface area contributed by atoms with Gasteiger partial charge in [0.15, 0.2) is 0 Å². The summed E-state index contributed by atoms with van der Waals surface area (Å²) in [4.78, 5) is 25.2. The molecule has 0 saturated carbocycles. The molecule has 2 rings (SSSR count). The third-order valence-electron chi connectivity index (χ3n) is 4.74. The summed E-state index contributed by atoms with van der Waals surface area (Å²) in [6.07, 6.45) is 0.700. The molecule has 2 aromatic carbocycles. The van der Waals surface area contributed by atoms with E-state index in [-0.39, 0.29) is 41.7 Å². The Hall–Kier alpha value is -2.62. The quantitative estimate of drug-likeness (QED) is 0.516. The number of amides is 2. The minimum absolute atomic E-state index is 0.0684. The first-order valence-corrected chi connectivity index (χ1v) is 11.7. The number of rotatable bonds is 10. The van der Waals surface area contributed by atoms with Gasteiger partial charge in [0, 0.05) is 42.9 Å². The van der Waals surface area contributed by atoms with Crippen LogP contribution in [0.15, 0.2) is 47.4 Å². The van der Waals surface area contributed by atoms with Crippen molar-refractivity contribution in [2.45, 2.75) is 44.7 Å². The molecule has 0 saturated heterocycles. The Labute approximate surface area is 193 Å². The van der Waals surface area contributed by atoms with Crippen molar-refractivity contribution in [2.75, 3.05) is 19.0 Å². The van der Waals surface area contributed by atoms with E-state index >= 15 is 0 Å². The van der Waals surface area contributed by atoms with Gasteiger partial charge < -0.3 is 19.1 Å². The average Bonchev–Trinajstić information content (AvgIpc) is 2.73. The number of carbonyl (C=O) groups is 2. The Morgan fingerprint density at radius 1 is 1.16 bits per heavy atom. The molecular weight excluding hydrogens is 456 g/mol. The Morgan fingerprint density at radius 2 is 1.81 bits per heavy atom. The minimum atomic E-state index is -4.17. The van der Waals surface area contributed by atoms with Crippen LogP contribution in [0.25, 0.3) is 0 Å². The molecule has 32 heavy (non-hydrogen) atoms. The van der Waals surface area contributed by atoms with Gasteiger partial charge in [-0.2, -0.15) is 8.42 Å². The fourth-order valence-electron chi connectivity index (χ4n) is 2.93. The Balaban J connectivity index is 2.34. The topological polar surface area (TPSA) is 102 Å². The summed E-state index contributed by atoms with van der Waals surface area (Å²) in [7, 11) is -2.73. The second-order valence-electron chi connectivity index (χ2n) is 7.21. The van der Waals surface area contributed by atoms with E-state index in [1.54, 1.807) is 11.0 Å². The van der Waals surface area contributed by atoms with Gasteiger partial charge >= 0.3 is 10.1 Å². The lowest BCUT2D eigenvalue weighted by atomic mass is 10.1. The van der Waals surface area contributed by atoms with Gasteiger partial charge in [0.05, 0.1) is 0 Å². The van der Waals surface area contributed by atoms with Crippen LogP contribution in [0.2, 0.25) is 5.02 Å². The summed E-state index contributed by atoms with van der Waals surface area (Å²) < 4.78 is 36.1. The van der Waals surface area contributed by atoms with E-state index in [1.807, 2.05) is 13.8 Å². The van der Waals surface area contributed by atoms with Crippen LogP contribution in [0.4, 0.5) is 5.69 Å². The van der Waals surface area contributed by atoms with Crippen molar-refractivity contribution < 1.29 is 26.9 Å². The van der Waals surface area contributed by atoms with Gasteiger partial charge in [0.2, 0.25) is 11.8 Å². The Bertz CT molecular complexity index is 1060. The number of nitrogens with zero attached hydrogens (tertiary/aromatic N) is 1. The molecule has 0 aliphatic heterocycles. The highest BCUT2D eigenvalue weighted by molar-refractivity contribution is 7.87. The molecular formula is C22H27ClN2O6S. The Morgan fingerprint density at radius 3 is 2.38 bits per heavy atom. The predicted octanol–water partition coefficient (Wildman–Crippen LogP) is 3.84. The van der Waals surface area contributed by atoms with Gasteiger partial charge in [0.1, 0.15) is 17.3 Å². The monoisotopic (exact) mass is 482 g/mol. The van der Waals surface area contributed by atoms with Gasteiger partial charge in [-0.3, -0.25) is 9.59 Å². The maximum atomic E-state index is 12.8. The summed E-state index contributed by atoms with van der Waals surface area (Å²) >= 11 is 6.13. The molecule has 8 nitrogen and oxygen atoms in total. The number of halogens is 1. The van der Waals surface area contributed by atoms with E-state index in [9.17, 15) is 18.0 Å². The summed E-state index contributed by atoms with van der Waals surface area (Å²) in [5.74, 6) is -0.431. The number of methoxy groups -OCH3 is 1. The van der Waals surface area contributed by atoms with Gasteiger partial charge in [-0.15, -0.1) is 0 Å².